The fraction of sp³-hybridized carbons (Fsp3) is 0.111. The van der Waals surface area contributed by atoms with Crippen LogP contribution in [0.25, 0.3) is 0 Å². The molecule has 0 N–H and O–H groups in total. The van der Waals surface area contributed by atoms with Crippen LogP contribution in [0.4, 0.5) is 0 Å². The Morgan fingerprint density at radius 2 is 0.900 bits per heavy atom. The summed E-state index contributed by atoms with van der Waals surface area (Å²) in [5.74, 6) is 0. The fourth-order valence-electron chi connectivity index (χ4n) is 3.90. The van der Waals surface area contributed by atoms with Gasteiger partial charge < -0.3 is 0 Å². The minimum absolute atomic E-state index is 0.333. The van der Waals surface area contributed by atoms with Crippen LogP contribution in [-0.4, -0.2) is 12.3 Å². The molecule has 1 atom stereocenters. The molecule has 4 rings (SSSR count). The van der Waals surface area contributed by atoms with Crippen LogP contribution in [0.15, 0.2) is 121 Å². The second-order valence-corrected chi connectivity index (χ2v) is 15.6. The molecule has 0 amide bonds. The highest BCUT2D eigenvalue weighted by Crippen LogP contribution is 2.64. The average molecular weight is 445 g/mol. The van der Waals surface area contributed by atoms with Gasteiger partial charge in [-0.1, -0.05) is 97.1 Å². The zero-order valence-electron chi connectivity index (χ0n) is 17.1. The molecule has 30 heavy (non-hydrogen) atoms. The molecule has 0 fully saturated rings. The highest BCUT2D eigenvalue weighted by atomic mass is 32.1. The predicted octanol–water partition coefficient (Wildman–Crippen LogP) is 5.97. The van der Waals surface area contributed by atoms with Crippen molar-refractivity contribution >= 4 is 45.0 Å². The quantitative estimate of drug-likeness (QED) is 0.293. The highest BCUT2D eigenvalue weighted by Gasteiger charge is 2.37. The summed E-state index contributed by atoms with van der Waals surface area (Å²) in [6, 6.07) is 44.3. The fourth-order valence-corrected chi connectivity index (χ4v) is 11.0. The summed E-state index contributed by atoms with van der Waals surface area (Å²) in [7, 11) is 2.97. The van der Waals surface area contributed by atoms with E-state index in [1.165, 1.54) is 40.0 Å². The summed E-state index contributed by atoms with van der Waals surface area (Å²) in [6.45, 7) is -1.49. The van der Waals surface area contributed by atoms with Gasteiger partial charge in [0.2, 0.25) is 0 Å². The third-order valence-corrected chi connectivity index (χ3v) is 14.1. The standard InChI is InChI=1S/C27H28P3/c28-30(26-18-9-3-10-19-26,27-20-11-4-12-21-27)23-13-22-29(24-14-5-1-6-15-24)25-16-7-2-8-17-25/h1-12,14-21H,13,22-23,28H2/q+1. The van der Waals surface area contributed by atoms with E-state index in [0.29, 0.717) is 0 Å². The van der Waals surface area contributed by atoms with Gasteiger partial charge in [0.05, 0.1) is 13.1 Å². The van der Waals surface area contributed by atoms with E-state index < -0.39 is 6.95 Å². The molecule has 150 valence electrons. The molecule has 3 heteroatoms. The Kier molecular flexibility index (Phi) is 7.47. The van der Waals surface area contributed by atoms with Gasteiger partial charge in [-0.2, -0.15) is 0 Å². The molecular weight excluding hydrogens is 417 g/mol. The SMILES string of the molecule is P[P+](CCCP(c1ccccc1)c1ccccc1)(c1ccccc1)c1ccccc1. The van der Waals surface area contributed by atoms with Crippen LogP contribution in [0.3, 0.4) is 0 Å². The first-order valence-electron chi connectivity index (χ1n) is 10.4. The van der Waals surface area contributed by atoms with Gasteiger partial charge in [-0.25, -0.2) is 0 Å². The lowest BCUT2D eigenvalue weighted by Gasteiger charge is -2.24. The lowest BCUT2D eigenvalue weighted by molar-refractivity contribution is 1.11. The molecule has 0 aliphatic rings. The number of hydrogen-bond acceptors (Lipinski definition) is 0. The van der Waals surface area contributed by atoms with Crippen molar-refractivity contribution in [3.63, 3.8) is 0 Å². The van der Waals surface area contributed by atoms with E-state index in [4.69, 9.17) is 0 Å². The van der Waals surface area contributed by atoms with Crippen LogP contribution >= 0.6 is 23.8 Å². The van der Waals surface area contributed by atoms with Crippen molar-refractivity contribution in [3.05, 3.63) is 121 Å². The molecule has 4 aromatic rings. The van der Waals surface area contributed by atoms with E-state index in [1.54, 1.807) is 0 Å². The summed E-state index contributed by atoms with van der Waals surface area (Å²) in [5, 5.41) is 5.91. The Morgan fingerprint density at radius 3 is 1.30 bits per heavy atom. The van der Waals surface area contributed by atoms with E-state index in [-0.39, 0.29) is 7.92 Å². The predicted molar refractivity (Wildman–Crippen MR) is 142 cm³/mol. The second kappa shape index (κ2) is 10.5. The molecule has 4 aromatic carbocycles. The van der Waals surface area contributed by atoms with Crippen LogP contribution in [0, 0.1) is 0 Å². The van der Waals surface area contributed by atoms with Gasteiger partial charge in [-0.15, -0.1) is 0 Å². The Hall–Kier alpha value is -1.83. The van der Waals surface area contributed by atoms with Gasteiger partial charge in [-0.3, -0.25) is 0 Å². The summed E-state index contributed by atoms with van der Waals surface area (Å²) in [5.41, 5.74) is 0. The molecule has 0 aromatic heterocycles. The molecule has 0 nitrogen and oxygen atoms in total. The van der Waals surface area contributed by atoms with Crippen LogP contribution < -0.4 is 21.2 Å². The van der Waals surface area contributed by atoms with Crippen molar-refractivity contribution in [2.24, 2.45) is 0 Å². The molecule has 0 saturated heterocycles. The second-order valence-electron chi connectivity index (χ2n) is 7.44. The maximum atomic E-state index is 3.30. The summed E-state index contributed by atoms with van der Waals surface area (Å²) >= 11 is 0. The molecule has 0 saturated carbocycles. The van der Waals surface area contributed by atoms with Crippen molar-refractivity contribution in [2.75, 3.05) is 12.3 Å². The minimum Gasteiger partial charge on any atom is -0.0622 e. The Bertz CT molecular complexity index is 940. The topological polar surface area (TPSA) is 0 Å². The van der Waals surface area contributed by atoms with Crippen molar-refractivity contribution in [2.45, 2.75) is 6.42 Å². The van der Waals surface area contributed by atoms with E-state index >= 15 is 0 Å². The van der Waals surface area contributed by atoms with Crippen LogP contribution in [0.5, 0.6) is 0 Å². The van der Waals surface area contributed by atoms with E-state index in [2.05, 4.69) is 130 Å². The third kappa shape index (κ3) is 5.07. The lowest BCUT2D eigenvalue weighted by atomic mass is 10.4. The average Bonchev–Trinajstić information content (AvgIpc) is 2.84. The minimum atomic E-state index is -1.49. The first kappa shape index (κ1) is 21.4. The maximum Gasteiger partial charge on any atom is 0.101 e. The molecular formula is C27H28P3+. The molecule has 0 radical (unpaired) electrons. The monoisotopic (exact) mass is 445 g/mol. The van der Waals surface area contributed by atoms with Gasteiger partial charge >= 0.3 is 0 Å². The molecule has 1 unspecified atom stereocenters. The van der Waals surface area contributed by atoms with Gasteiger partial charge in [0.1, 0.15) is 10.6 Å². The van der Waals surface area contributed by atoms with Crippen molar-refractivity contribution < 1.29 is 0 Å². The first-order valence-corrected chi connectivity index (χ1v) is 15.5. The molecule has 0 bridgehead atoms. The maximum absolute atomic E-state index is 3.30. The zero-order chi connectivity index (χ0) is 20.7. The van der Waals surface area contributed by atoms with Gasteiger partial charge in [-0.05, 0) is 55.4 Å². The van der Waals surface area contributed by atoms with E-state index in [0.717, 1.165) is 0 Å². The molecule has 0 aliphatic heterocycles. The number of hydrogen-bond donors (Lipinski definition) is 0. The number of rotatable bonds is 8. The van der Waals surface area contributed by atoms with Crippen molar-refractivity contribution in [1.29, 1.82) is 0 Å². The Labute approximate surface area is 185 Å². The van der Waals surface area contributed by atoms with Crippen LogP contribution in [0.1, 0.15) is 6.42 Å². The van der Waals surface area contributed by atoms with Crippen molar-refractivity contribution in [3.8, 4) is 0 Å². The first-order chi connectivity index (χ1) is 14.8. The Balaban J connectivity index is 1.59. The summed E-state index contributed by atoms with van der Waals surface area (Å²) < 4.78 is 0. The molecule has 0 aliphatic carbocycles. The van der Waals surface area contributed by atoms with E-state index in [9.17, 15) is 0 Å². The smallest absolute Gasteiger partial charge is 0.0622 e. The van der Waals surface area contributed by atoms with Gasteiger partial charge in [0.25, 0.3) is 0 Å². The summed E-state index contributed by atoms with van der Waals surface area (Å²) in [4.78, 5) is 0. The van der Waals surface area contributed by atoms with Crippen molar-refractivity contribution in [1.82, 2.24) is 0 Å². The normalized spacial score (nSPS) is 11.5. The molecule has 0 spiro atoms. The summed E-state index contributed by atoms with van der Waals surface area (Å²) in [6.07, 6.45) is 3.65. The molecule has 0 heterocycles. The third-order valence-electron chi connectivity index (χ3n) is 5.46. The largest absolute Gasteiger partial charge is 0.101 e. The lowest BCUT2D eigenvalue weighted by Crippen LogP contribution is -2.21. The zero-order valence-corrected chi connectivity index (χ0v) is 20.1. The van der Waals surface area contributed by atoms with Crippen LogP contribution in [0.2, 0.25) is 0 Å². The highest BCUT2D eigenvalue weighted by molar-refractivity contribution is 8.32. The van der Waals surface area contributed by atoms with E-state index in [1.807, 2.05) is 0 Å². The Morgan fingerprint density at radius 1 is 0.533 bits per heavy atom. The van der Waals surface area contributed by atoms with Crippen LogP contribution in [-0.2, 0) is 0 Å². The number of benzene rings is 4. The van der Waals surface area contributed by atoms with Gasteiger partial charge in [0.15, 0.2) is 0 Å². The van der Waals surface area contributed by atoms with Gasteiger partial charge in [0, 0.05) is 8.93 Å².